The number of carbonyl (C=O) groups is 1. The molecule has 0 aromatic rings. The molecule has 58 valence electrons. The molecule has 4 heteroatoms. The molecule has 0 heterocycles. The van der Waals surface area contributed by atoms with Crippen LogP contribution >= 0.6 is 0 Å². The van der Waals surface area contributed by atoms with Crippen molar-refractivity contribution < 1.29 is 13.6 Å². The maximum absolute atomic E-state index is 12.4. The van der Waals surface area contributed by atoms with Crippen LogP contribution in [-0.2, 0) is 4.79 Å². The van der Waals surface area contributed by atoms with Crippen molar-refractivity contribution in [1.82, 2.24) is 5.32 Å². The summed E-state index contributed by atoms with van der Waals surface area (Å²) in [6.07, 6.45) is 0.945. The van der Waals surface area contributed by atoms with Gasteiger partial charge in [-0.05, 0) is 6.42 Å². The third kappa shape index (κ3) is 1.25. The van der Waals surface area contributed by atoms with E-state index in [1.807, 2.05) is 0 Å². The predicted molar refractivity (Wildman–Crippen MR) is 31.7 cm³/mol. The van der Waals surface area contributed by atoms with E-state index in [0.29, 0.717) is 12.8 Å². The van der Waals surface area contributed by atoms with E-state index in [2.05, 4.69) is 5.32 Å². The number of carbonyl (C=O) groups excluding carboxylic acids is 1. The third-order valence-electron chi connectivity index (χ3n) is 1.87. The van der Waals surface area contributed by atoms with Crippen LogP contribution in [0.1, 0.15) is 12.8 Å². The van der Waals surface area contributed by atoms with E-state index in [4.69, 9.17) is 0 Å². The van der Waals surface area contributed by atoms with Gasteiger partial charge in [0.25, 0.3) is 5.92 Å². The van der Waals surface area contributed by atoms with Crippen molar-refractivity contribution >= 4 is 6.41 Å². The highest BCUT2D eigenvalue weighted by atomic mass is 19.3. The van der Waals surface area contributed by atoms with Crippen molar-refractivity contribution in [2.75, 3.05) is 6.54 Å². The molecular weight excluding hydrogens is 140 g/mol. The minimum Gasteiger partial charge on any atom is -0.358 e. The van der Waals surface area contributed by atoms with Crippen molar-refractivity contribution in [3.8, 4) is 0 Å². The number of amides is 1. The van der Waals surface area contributed by atoms with E-state index in [1.165, 1.54) is 0 Å². The van der Waals surface area contributed by atoms with Gasteiger partial charge in [-0.1, -0.05) is 0 Å². The average molecular weight is 149 g/mol. The lowest BCUT2D eigenvalue weighted by Gasteiger charge is -2.35. The van der Waals surface area contributed by atoms with Crippen LogP contribution < -0.4 is 5.32 Å². The molecule has 1 N–H and O–H groups in total. The largest absolute Gasteiger partial charge is 0.358 e. The Morgan fingerprint density at radius 1 is 1.70 bits per heavy atom. The monoisotopic (exact) mass is 149 g/mol. The van der Waals surface area contributed by atoms with Gasteiger partial charge in [0, 0.05) is 18.9 Å². The second-order valence-electron chi connectivity index (χ2n) is 2.52. The molecule has 0 aliphatic heterocycles. The summed E-state index contributed by atoms with van der Waals surface area (Å²) in [7, 11) is 0. The number of alkyl halides is 2. The Bertz CT molecular complexity index is 138. The van der Waals surface area contributed by atoms with Crippen molar-refractivity contribution in [3.05, 3.63) is 0 Å². The van der Waals surface area contributed by atoms with E-state index in [1.54, 1.807) is 0 Å². The molecule has 1 amide bonds. The third-order valence-corrected chi connectivity index (χ3v) is 1.87. The molecular formula is C6H9F2NO. The van der Waals surface area contributed by atoms with E-state index >= 15 is 0 Å². The molecule has 10 heavy (non-hydrogen) atoms. The first kappa shape index (κ1) is 7.44. The first-order valence-electron chi connectivity index (χ1n) is 3.21. The fourth-order valence-corrected chi connectivity index (χ4v) is 1.01. The molecule has 0 bridgehead atoms. The van der Waals surface area contributed by atoms with Crippen LogP contribution in [0, 0.1) is 5.92 Å². The average Bonchev–Trinajstić information content (AvgIpc) is 1.87. The zero-order valence-corrected chi connectivity index (χ0v) is 5.44. The summed E-state index contributed by atoms with van der Waals surface area (Å²) in [6, 6.07) is 0. The molecule has 1 aliphatic rings. The van der Waals surface area contributed by atoms with Crippen LogP contribution in [0.2, 0.25) is 0 Å². The first-order valence-corrected chi connectivity index (χ1v) is 3.21. The van der Waals surface area contributed by atoms with Gasteiger partial charge in [0.15, 0.2) is 0 Å². The topological polar surface area (TPSA) is 29.1 Å². The van der Waals surface area contributed by atoms with Crippen LogP contribution in [-0.4, -0.2) is 18.9 Å². The van der Waals surface area contributed by atoms with Crippen LogP contribution in [0.4, 0.5) is 8.78 Å². The molecule has 0 saturated heterocycles. The highest BCUT2D eigenvalue weighted by molar-refractivity contribution is 5.45. The Balaban J connectivity index is 2.23. The quantitative estimate of drug-likeness (QED) is 0.590. The molecule has 1 saturated carbocycles. The van der Waals surface area contributed by atoms with Gasteiger partial charge in [-0.15, -0.1) is 0 Å². The molecule has 0 aromatic carbocycles. The van der Waals surface area contributed by atoms with Gasteiger partial charge in [-0.25, -0.2) is 8.78 Å². The zero-order valence-electron chi connectivity index (χ0n) is 5.44. The Morgan fingerprint density at radius 2 is 2.40 bits per heavy atom. The smallest absolute Gasteiger partial charge is 0.252 e. The van der Waals surface area contributed by atoms with Gasteiger partial charge >= 0.3 is 0 Å². The summed E-state index contributed by atoms with van der Waals surface area (Å²) in [5.74, 6) is -3.16. The van der Waals surface area contributed by atoms with Crippen LogP contribution in [0.3, 0.4) is 0 Å². The van der Waals surface area contributed by atoms with Gasteiger partial charge in [0.05, 0.1) is 0 Å². The van der Waals surface area contributed by atoms with Crippen LogP contribution in [0.15, 0.2) is 0 Å². The molecule has 2 nitrogen and oxygen atoms in total. The normalized spacial score (nSPS) is 28.8. The number of rotatable bonds is 3. The van der Waals surface area contributed by atoms with Gasteiger partial charge in [0.1, 0.15) is 0 Å². The molecule has 0 radical (unpaired) electrons. The van der Waals surface area contributed by atoms with E-state index in [-0.39, 0.29) is 13.0 Å². The summed E-state index contributed by atoms with van der Waals surface area (Å²) in [6.45, 7) is 0.108. The van der Waals surface area contributed by atoms with Crippen molar-refractivity contribution in [2.45, 2.75) is 18.8 Å². The van der Waals surface area contributed by atoms with Crippen LogP contribution in [0.25, 0.3) is 0 Å². The lowest BCUT2D eigenvalue weighted by molar-refractivity contribution is -0.132. The highest BCUT2D eigenvalue weighted by Gasteiger charge is 2.47. The fraction of sp³-hybridized carbons (Fsp3) is 0.833. The lowest BCUT2D eigenvalue weighted by atomic mass is 9.81. The molecule has 0 aromatic heterocycles. The number of nitrogens with one attached hydrogen (secondary N) is 1. The SMILES string of the molecule is O=CNCC1CCC1(F)F. The maximum Gasteiger partial charge on any atom is 0.252 e. The Hall–Kier alpha value is -0.670. The van der Waals surface area contributed by atoms with Gasteiger partial charge in [-0.3, -0.25) is 4.79 Å². The van der Waals surface area contributed by atoms with Gasteiger partial charge in [0.2, 0.25) is 6.41 Å². The summed E-state index contributed by atoms with van der Waals surface area (Å²) in [4.78, 5) is 9.70. The summed E-state index contributed by atoms with van der Waals surface area (Å²) in [5, 5.41) is 2.25. The number of hydrogen-bond donors (Lipinski definition) is 1. The molecule has 1 rings (SSSR count). The summed E-state index contributed by atoms with van der Waals surface area (Å²) >= 11 is 0. The zero-order chi connectivity index (χ0) is 7.61. The second kappa shape index (κ2) is 2.52. The van der Waals surface area contributed by atoms with Crippen LogP contribution in [0.5, 0.6) is 0 Å². The summed E-state index contributed by atoms with van der Waals surface area (Å²) in [5.41, 5.74) is 0. The Morgan fingerprint density at radius 3 is 2.70 bits per heavy atom. The fourth-order valence-electron chi connectivity index (χ4n) is 1.01. The molecule has 1 fully saturated rings. The predicted octanol–water partition coefficient (Wildman–Crippen LogP) is 0.778. The molecule has 1 unspecified atom stereocenters. The van der Waals surface area contributed by atoms with Crippen molar-refractivity contribution in [2.24, 2.45) is 5.92 Å². The first-order chi connectivity index (χ1) is 4.67. The maximum atomic E-state index is 12.4. The molecule has 1 aliphatic carbocycles. The number of hydrogen-bond acceptors (Lipinski definition) is 1. The number of halogens is 2. The van der Waals surface area contributed by atoms with E-state index in [9.17, 15) is 13.6 Å². The van der Waals surface area contributed by atoms with Gasteiger partial charge in [-0.2, -0.15) is 0 Å². The Labute approximate surface area is 57.6 Å². The summed E-state index contributed by atoms with van der Waals surface area (Å²) < 4.78 is 24.7. The van der Waals surface area contributed by atoms with Gasteiger partial charge < -0.3 is 5.32 Å². The van der Waals surface area contributed by atoms with Crippen molar-refractivity contribution in [3.63, 3.8) is 0 Å². The van der Waals surface area contributed by atoms with E-state index in [0.717, 1.165) is 0 Å². The molecule has 1 atom stereocenters. The highest BCUT2D eigenvalue weighted by Crippen LogP contribution is 2.42. The minimum atomic E-state index is -2.53. The van der Waals surface area contributed by atoms with E-state index < -0.39 is 11.8 Å². The Kier molecular flexibility index (Phi) is 1.87. The molecule has 0 spiro atoms. The second-order valence-corrected chi connectivity index (χ2v) is 2.52. The van der Waals surface area contributed by atoms with Crippen molar-refractivity contribution in [1.29, 1.82) is 0 Å². The minimum absolute atomic E-state index is 0.0296. The lowest BCUT2D eigenvalue weighted by Crippen LogP contribution is -2.44. The standard InChI is InChI=1S/C6H9F2NO/c7-6(8)2-1-5(6)3-9-4-10/h4-5H,1-3H2,(H,9,10).